The Bertz CT molecular complexity index is 698. The van der Waals surface area contributed by atoms with Crippen molar-refractivity contribution in [1.82, 2.24) is 4.98 Å². The summed E-state index contributed by atoms with van der Waals surface area (Å²) < 4.78 is 27.2. The molecule has 0 bridgehead atoms. The highest BCUT2D eigenvalue weighted by Crippen LogP contribution is 2.31. The SMILES string of the molecule is CCOC(=O)c1sc(N2CC(CS(N)(=O)=O)CC2=O)nc1C. The molecule has 2 heterocycles. The molecule has 1 saturated heterocycles. The number of nitrogens with two attached hydrogens (primary N) is 1. The predicted molar refractivity (Wildman–Crippen MR) is 81.2 cm³/mol. The van der Waals surface area contributed by atoms with Crippen molar-refractivity contribution >= 4 is 38.4 Å². The third-order valence-electron chi connectivity index (χ3n) is 3.15. The number of anilines is 1. The highest BCUT2D eigenvalue weighted by atomic mass is 32.2. The number of carbonyl (C=O) groups is 2. The van der Waals surface area contributed by atoms with Gasteiger partial charge in [-0.05, 0) is 13.8 Å². The Kier molecular flexibility index (Phi) is 4.83. The van der Waals surface area contributed by atoms with E-state index >= 15 is 0 Å². The lowest BCUT2D eigenvalue weighted by Gasteiger charge is -2.12. The first kappa shape index (κ1) is 16.8. The van der Waals surface area contributed by atoms with Crippen LogP contribution in [-0.2, 0) is 19.6 Å². The molecule has 1 aliphatic heterocycles. The van der Waals surface area contributed by atoms with Gasteiger partial charge in [0.25, 0.3) is 0 Å². The van der Waals surface area contributed by atoms with E-state index < -0.39 is 16.0 Å². The molecular weight excluding hydrogens is 330 g/mol. The monoisotopic (exact) mass is 347 g/mol. The first-order valence-corrected chi connectivity index (χ1v) is 9.19. The number of carbonyl (C=O) groups excluding carboxylic acids is 2. The summed E-state index contributed by atoms with van der Waals surface area (Å²) in [6.45, 7) is 3.85. The van der Waals surface area contributed by atoms with Crippen LogP contribution in [0.5, 0.6) is 0 Å². The molecule has 10 heteroatoms. The minimum Gasteiger partial charge on any atom is -0.462 e. The second-order valence-corrected chi connectivity index (χ2v) is 7.67. The topological polar surface area (TPSA) is 120 Å². The Morgan fingerprint density at radius 1 is 1.55 bits per heavy atom. The standard InChI is InChI=1S/C12H17N3O5S2/c1-3-20-11(17)10-7(2)14-12(21-10)15-5-8(4-9(15)16)6-22(13,18)19/h8H,3-6H2,1-2H3,(H2,13,18,19). The Labute approximate surface area is 132 Å². The summed E-state index contributed by atoms with van der Waals surface area (Å²) in [5, 5.41) is 5.39. The molecule has 1 atom stereocenters. The van der Waals surface area contributed by atoms with Gasteiger partial charge in [0.1, 0.15) is 4.88 Å². The summed E-state index contributed by atoms with van der Waals surface area (Å²) in [4.78, 5) is 29.8. The average Bonchev–Trinajstić information content (AvgIpc) is 2.91. The number of ether oxygens (including phenoxy) is 1. The molecule has 0 radical (unpaired) electrons. The van der Waals surface area contributed by atoms with Crippen LogP contribution in [0.15, 0.2) is 0 Å². The van der Waals surface area contributed by atoms with Gasteiger partial charge >= 0.3 is 5.97 Å². The fourth-order valence-corrected chi connectivity index (χ4v) is 4.16. The third-order valence-corrected chi connectivity index (χ3v) is 5.25. The molecule has 1 aliphatic rings. The second-order valence-electron chi connectivity index (χ2n) is 5.04. The number of aryl methyl sites for hydroxylation is 1. The van der Waals surface area contributed by atoms with Gasteiger partial charge in [-0.2, -0.15) is 0 Å². The zero-order valence-electron chi connectivity index (χ0n) is 12.2. The van der Waals surface area contributed by atoms with Gasteiger partial charge in [0.05, 0.1) is 18.1 Å². The van der Waals surface area contributed by atoms with E-state index in [9.17, 15) is 18.0 Å². The molecule has 8 nitrogen and oxygen atoms in total. The first-order chi connectivity index (χ1) is 10.2. The fraction of sp³-hybridized carbons (Fsp3) is 0.583. The summed E-state index contributed by atoms with van der Waals surface area (Å²) in [5.74, 6) is -1.31. The van der Waals surface area contributed by atoms with Crippen molar-refractivity contribution in [2.45, 2.75) is 20.3 Å². The van der Waals surface area contributed by atoms with Crippen LogP contribution in [0.3, 0.4) is 0 Å². The van der Waals surface area contributed by atoms with Crippen LogP contribution in [0.25, 0.3) is 0 Å². The maximum Gasteiger partial charge on any atom is 0.350 e. The van der Waals surface area contributed by atoms with Gasteiger partial charge in [0, 0.05) is 18.9 Å². The highest BCUT2D eigenvalue weighted by Gasteiger charge is 2.35. The number of rotatable bonds is 5. The van der Waals surface area contributed by atoms with Crippen LogP contribution in [0.2, 0.25) is 0 Å². The predicted octanol–water partition coefficient (Wildman–Crippen LogP) is 0.270. The molecule has 0 saturated carbocycles. The van der Waals surface area contributed by atoms with Crippen molar-refractivity contribution in [2.75, 3.05) is 23.8 Å². The molecule has 2 rings (SSSR count). The van der Waals surface area contributed by atoms with Crippen LogP contribution in [0.4, 0.5) is 5.13 Å². The molecule has 22 heavy (non-hydrogen) atoms. The van der Waals surface area contributed by atoms with E-state index in [0.29, 0.717) is 15.7 Å². The minimum absolute atomic E-state index is 0.101. The van der Waals surface area contributed by atoms with Gasteiger partial charge in [-0.25, -0.2) is 23.3 Å². The molecule has 0 aromatic carbocycles. The molecule has 2 N–H and O–H groups in total. The van der Waals surface area contributed by atoms with E-state index in [-0.39, 0.29) is 37.2 Å². The quantitative estimate of drug-likeness (QED) is 0.763. The largest absolute Gasteiger partial charge is 0.462 e. The molecule has 1 amide bonds. The van der Waals surface area contributed by atoms with Gasteiger partial charge in [0.15, 0.2) is 5.13 Å². The lowest BCUT2D eigenvalue weighted by atomic mass is 10.1. The maximum absolute atomic E-state index is 12.0. The third kappa shape index (κ3) is 3.81. The van der Waals surface area contributed by atoms with E-state index in [1.807, 2.05) is 0 Å². The number of hydrogen-bond acceptors (Lipinski definition) is 7. The Balaban J connectivity index is 2.17. The first-order valence-electron chi connectivity index (χ1n) is 6.66. The number of aromatic nitrogens is 1. The van der Waals surface area contributed by atoms with E-state index in [2.05, 4.69) is 4.98 Å². The minimum atomic E-state index is -3.63. The van der Waals surface area contributed by atoms with Gasteiger partial charge < -0.3 is 4.74 Å². The van der Waals surface area contributed by atoms with Crippen LogP contribution in [0, 0.1) is 12.8 Å². The lowest BCUT2D eigenvalue weighted by Crippen LogP contribution is -2.27. The highest BCUT2D eigenvalue weighted by molar-refractivity contribution is 7.89. The molecule has 1 aromatic heterocycles. The molecule has 0 spiro atoms. The number of sulfonamides is 1. The van der Waals surface area contributed by atoms with Crippen molar-refractivity contribution in [3.63, 3.8) is 0 Å². The van der Waals surface area contributed by atoms with Crippen LogP contribution in [0.1, 0.15) is 28.7 Å². The smallest absolute Gasteiger partial charge is 0.350 e. The Morgan fingerprint density at radius 2 is 2.23 bits per heavy atom. The number of esters is 1. The number of hydrogen-bond donors (Lipinski definition) is 1. The Morgan fingerprint density at radius 3 is 2.82 bits per heavy atom. The van der Waals surface area contributed by atoms with Crippen LogP contribution >= 0.6 is 11.3 Å². The molecule has 1 unspecified atom stereocenters. The van der Waals surface area contributed by atoms with Crippen molar-refractivity contribution in [2.24, 2.45) is 11.1 Å². The normalized spacial score (nSPS) is 18.8. The summed E-state index contributed by atoms with van der Waals surface area (Å²) in [6, 6.07) is 0. The van der Waals surface area contributed by atoms with Crippen LogP contribution < -0.4 is 10.0 Å². The average molecular weight is 347 g/mol. The van der Waals surface area contributed by atoms with Gasteiger partial charge in [-0.3, -0.25) is 9.69 Å². The van der Waals surface area contributed by atoms with Gasteiger partial charge in [0.2, 0.25) is 15.9 Å². The van der Waals surface area contributed by atoms with E-state index in [4.69, 9.17) is 9.88 Å². The number of thiazole rings is 1. The van der Waals surface area contributed by atoms with E-state index in [1.54, 1.807) is 13.8 Å². The maximum atomic E-state index is 12.0. The zero-order valence-corrected chi connectivity index (χ0v) is 13.9. The van der Waals surface area contributed by atoms with E-state index in [1.165, 1.54) is 4.90 Å². The zero-order chi connectivity index (χ0) is 16.5. The molecule has 1 aromatic rings. The Hall–Kier alpha value is -1.52. The van der Waals surface area contributed by atoms with Crippen molar-refractivity contribution in [3.8, 4) is 0 Å². The van der Waals surface area contributed by atoms with Crippen molar-refractivity contribution < 1.29 is 22.7 Å². The van der Waals surface area contributed by atoms with Crippen molar-refractivity contribution in [1.29, 1.82) is 0 Å². The van der Waals surface area contributed by atoms with Crippen molar-refractivity contribution in [3.05, 3.63) is 10.6 Å². The summed E-state index contributed by atoms with van der Waals surface area (Å²) >= 11 is 1.07. The van der Waals surface area contributed by atoms with Gasteiger partial charge in [-0.15, -0.1) is 0 Å². The van der Waals surface area contributed by atoms with E-state index in [0.717, 1.165) is 11.3 Å². The molecule has 1 fully saturated rings. The number of amides is 1. The second kappa shape index (κ2) is 6.31. The molecule has 122 valence electrons. The van der Waals surface area contributed by atoms with Gasteiger partial charge in [-0.1, -0.05) is 11.3 Å². The number of nitrogens with zero attached hydrogens (tertiary/aromatic N) is 2. The summed E-state index contributed by atoms with van der Waals surface area (Å²) in [5.41, 5.74) is 0.487. The number of primary sulfonamides is 1. The fourth-order valence-electron chi connectivity index (χ4n) is 2.29. The lowest BCUT2D eigenvalue weighted by molar-refractivity contribution is -0.117. The summed E-state index contributed by atoms with van der Waals surface area (Å²) in [7, 11) is -3.63. The van der Waals surface area contributed by atoms with Crippen LogP contribution in [-0.4, -0.2) is 44.2 Å². The molecular formula is C12H17N3O5S2. The molecule has 0 aliphatic carbocycles. The summed E-state index contributed by atoms with van der Waals surface area (Å²) in [6.07, 6.45) is 0.101.